The van der Waals surface area contributed by atoms with E-state index in [2.05, 4.69) is 244 Å². The summed E-state index contributed by atoms with van der Waals surface area (Å²) in [5, 5.41) is 18.0. The molecule has 400 valence electrons. The SMILES string of the molecule is Cc1cc(-c2cc3c4ccc5c6ccccc6oc5c4n4c3c(c2)c2ccc3c(oc5cccc(-c6ccc7oc8c(ccc9c%10cc(-c%11ccc(C(C)(C)C)cc%11)cc%11c%12ccc%13c%14ccccc%14oc%13c%12n(c%11%10)c98)c7c6)c53)c24)cc(C)c1C. The quantitative estimate of drug-likeness (QED) is 0.177. The van der Waals surface area contributed by atoms with Crippen LogP contribution in [-0.4, -0.2) is 8.80 Å². The van der Waals surface area contributed by atoms with Crippen LogP contribution in [0.2, 0.25) is 0 Å². The zero-order valence-corrected chi connectivity index (χ0v) is 47.5. The predicted molar refractivity (Wildman–Crippen MR) is 354 cm³/mol. The van der Waals surface area contributed by atoms with E-state index in [0.29, 0.717) is 0 Å². The standard InChI is InChI=1S/C79H50N2O4/c1-39-32-44(33-40(2)41(39)3)46-37-62-52-24-28-56-50-13-8-10-16-65(50)83-76(56)72(52)81-70(62)63(38-46)54-26-30-58-68-48(14-11-17-67(68)85-78(58)74(54)81)43-20-31-66-59(34-43)57-29-25-53-61-36-45(42-18-21-47(22-19-42)79(4,5)6)35-60-51-23-27-55-49-12-7-9-15-64(49)82-75(55)71(51)80(69(60)61)73(53)77(57)84-66/h7-38H,1-6H3. The fourth-order valence-electron chi connectivity index (χ4n) is 15.4. The summed E-state index contributed by atoms with van der Waals surface area (Å²) in [5.74, 6) is 0. The Labute approximate surface area is 484 Å². The van der Waals surface area contributed by atoms with Crippen LogP contribution < -0.4 is 0 Å². The molecule has 0 fully saturated rings. The number of para-hydroxylation sites is 2. The Balaban J connectivity index is 0.830. The van der Waals surface area contributed by atoms with Gasteiger partial charge in [-0.3, -0.25) is 0 Å². The average Bonchev–Trinajstić information content (AvgIpc) is 1.57. The summed E-state index contributed by atoms with van der Waals surface area (Å²) in [6, 6.07) is 71.6. The maximum atomic E-state index is 7.27. The molecule has 0 amide bonds. The Morgan fingerprint density at radius 3 is 1.19 bits per heavy atom. The lowest BCUT2D eigenvalue weighted by Crippen LogP contribution is -2.10. The molecule has 0 saturated carbocycles. The minimum atomic E-state index is 0.0553. The third-order valence-corrected chi connectivity index (χ3v) is 19.7. The molecule has 0 spiro atoms. The summed E-state index contributed by atoms with van der Waals surface area (Å²) in [7, 11) is 0. The van der Waals surface area contributed by atoms with Crippen LogP contribution in [0.3, 0.4) is 0 Å². The first-order valence-corrected chi connectivity index (χ1v) is 29.5. The Morgan fingerprint density at radius 1 is 0.282 bits per heavy atom. The van der Waals surface area contributed by atoms with Crippen molar-refractivity contribution in [1.82, 2.24) is 8.80 Å². The zero-order valence-electron chi connectivity index (χ0n) is 47.5. The molecule has 0 saturated heterocycles. The summed E-state index contributed by atoms with van der Waals surface area (Å²) < 4.78 is 33.2. The largest absolute Gasteiger partial charge is 0.454 e. The van der Waals surface area contributed by atoms with Crippen molar-refractivity contribution in [2.75, 3.05) is 0 Å². The molecule has 0 aliphatic carbocycles. The number of rotatable bonds is 3. The van der Waals surface area contributed by atoms with Crippen LogP contribution in [0.25, 0.3) is 197 Å². The molecule has 8 aromatic heterocycles. The first-order valence-electron chi connectivity index (χ1n) is 29.5. The maximum Gasteiger partial charge on any atom is 0.160 e. The minimum absolute atomic E-state index is 0.0553. The van der Waals surface area contributed by atoms with Crippen molar-refractivity contribution in [1.29, 1.82) is 0 Å². The number of aryl methyl sites for hydroxylation is 2. The molecule has 0 atom stereocenters. The molecule has 85 heavy (non-hydrogen) atoms. The van der Waals surface area contributed by atoms with Crippen molar-refractivity contribution < 1.29 is 17.7 Å². The summed E-state index contributed by atoms with van der Waals surface area (Å²) in [6.07, 6.45) is 0. The molecular formula is C79H50N2O4. The van der Waals surface area contributed by atoms with Gasteiger partial charge in [-0.2, -0.15) is 0 Å². The lowest BCUT2D eigenvalue weighted by molar-refractivity contribution is 0.590. The predicted octanol–water partition coefficient (Wildman–Crippen LogP) is 22.8. The smallest absolute Gasteiger partial charge is 0.160 e. The van der Waals surface area contributed by atoms with Gasteiger partial charge in [0.05, 0.1) is 33.1 Å². The van der Waals surface area contributed by atoms with Gasteiger partial charge in [-0.25, -0.2) is 0 Å². The van der Waals surface area contributed by atoms with Gasteiger partial charge in [0.25, 0.3) is 0 Å². The van der Waals surface area contributed by atoms with E-state index in [0.717, 1.165) is 142 Å². The highest BCUT2D eigenvalue weighted by Crippen LogP contribution is 2.52. The average molecular weight is 1090 g/mol. The van der Waals surface area contributed by atoms with Crippen molar-refractivity contribution in [3.63, 3.8) is 0 Å². The van der Waals surface area contributed by atoms with Gasteiger partial charge in [0, 0.05) is 86.2 Å². The van der Waals surface area contributed by atoms with Crippen molar-refractivity contribution in [2.24, 2.45) is 0 Å². The van der Waals surface area contributed by atoms with Crippen LogP contribution in [0.4, 0.5) is 0 Å². The second-order valence-corrected chi connectivity index (χ2v) is 25.2. The first kappa shape index (κ1) is 46.0. The van der Waals surface area contributed by atoms with Gasteiger partial charge >= 0.3 is 0 Å². The van der Waals surface area contributed by atoms with Gasteiger partial charge < -0.3 is 26.5 Å². The van der Waals surface area contributed by atoms with E-state index in [1.807, 2.05) is 0 Å². The molecule has 0 N–H and O–H groups in total. The van der Waals surface area contributed by atoms with Gasteiger partial charge in [-0.05, 0) is 161 Å². The van der Waals surface area contributed by atoms with E-state index in [1.165, 1.54) is 77.1 Å². The highest BCUT2D eigenvalue weighted by molar-refractivity contribution is 6.34. The Kier molecular flexibility index (Phi) is 8.41. The van der Waals surface area contributed by atoms with Gasteiger partial charge in [-0.15, -0.1) is 0 Å². The molecule has 6 heteroatoms. The van der Waals surface area contributed by atoms with Crippen LogP contribution in [-0.2, 0) is 5.41 Å². The highest BCUT2D eigenvalue weighted by atomic mass is 16.3. The Morgan fingerprint density at radius 2 is 0.671 bits per heavy atom. The molecular weight excluding hydrogens is 1040 g/mol. The third kappa shape index (κ3) is 5.79. The molecule has 8 heterocycles. The van der Waals surface area contributed by atoms with E-state index in [-0.39, 0.29) is 5.41 Å². The molecule has 0 unspecified atom stereocenters. The summed E-state index contributed by atoms with van der Waals surface area (Å²) >= 11 is 0. The topological polar surface area (TPSA) is 61.4 Å². The number of aromatic nitrogens is 2. The fourth-order valence-corrected chi connectivity index (χ4v) is 15.4. The monoisotopic (exact) mass is 1090 g/mol. The second kappa shape index (κ2) is 15.5. The van der Waals surface area contributed by atoms with Gasteiger partial charge in [0.2, 0.25) is 0 Å². The number of hydrogen-bond donors (Lipinski definition) is 0. The van der Waals surface area contributed by atoms with Crippen molar-refractivity contribution in [2.45, 2.75) is 47.0 Å². The van der Waals surface area contributed by atoms with Gasteiger partial charge in [0.15, 0.2) is 22.3 Å². The molecule has 12 aromatic carbocycles. The Bertz CT molecular complexity index is 6370. The van der Waals surface area contributed by atoms with E-state index in [9.17, 15) is 0 Å². The first-order chi connectivity index (χ1) is 41.5. The summed E-state index contributed by atoms with van der Waals surface area (Å²) in [5.41, 5.74) is 25.7. The summed E-state index contributed by atoms with van der Waals surface area (Å²) in [6.45, 7) is 13.5. The fraction of sp³-hybridized carbons (Fsp3) is 0.0886. The van der Waals surface area contributed by atoms with Crippen LogP contribution in [0, 0.1) is 20.8 Å². The van der Waals surface area contributed by atoms with E-state index in [4.69, 9.17) is 17.7 Å². The van der Waals surface area contributed by atoms with Crippen molar-refractivity contribution in [3.8, 4) is 33.4 Å². The number of benzene rings is 12. The van der Waals surface area contributed by atoms with Crippen LogP contribution in [0.5, 0.6) is 0 Å². The maximum absolute atomic E-state index is 7.27. The number of hydrogen-bond acceptors (Lipinski definition) is 4. The van der Waals surface area contributed by atoms with Gasteiger partial charge in [0.1, 0.15) is 22.3 Å². The molecule has 6 nitrogen and oxygen atoms in total. The molecule has 20 aromatic rings. The van der Waals surface area contributed by atoms with Crippen LogP contribution in [0.15, 0.2) is 212 Å². The molecule has 0 aliphatic rings. The molecule has 0 bridgehead atoms. The van der Waals surface area contributed by atoms with Gasteiger partial charge in [-0.1, -0.05) is 136 Å². The lowest BCUT2D eigenvalue weighted by atomic mass is 9.86. The Hall–Kier alpha value is -10.6. The van der Waals surface area contributed by atoms with E-state index < -0.39 is 0 Å². The zero-order chi connectivity index (χ0) is 56.2. The van der Waals surface area contributed by atoms with Crippen molar-refractivity contribution in [3.05, 3.63) is 216 Å². The number of fused-ring (bicyclic) bond motifs is 28. The highest BCUT2D eigenvalue weighted by Gasteiger charge is 2.29. The number of nitrogens with zero attached hydrogens (tertiary/aromatic N) is 2. The van der Waals surface area contributed by atoms with Crippen LogP contribution in [0.1, 0.15) is 43.0 Å². The van der Waals surface area contributed by atoms with E-state index in [1.54, 1.807) is 0 Å². The lowest BCUT2D eigenvalue weighted by Gasteiger charge is -2.19. The molecule has 0 aliphatic heterocycles. The molecule has 20 rings (SSSR count). The van der Waals surface area contributed by atoms with Crippen LogP contribution >= 0.6 is 0 Å². The second-order valence-electron chi connectivity index (χ2n) is 25.2. The minimum Gasteiger partial charge on any atom is -0.454 e. The normalized spacial score (nSPS) is 13.1. The molecule has 0 radical (unpaired) electrons. The third-order valence-electron chi connectivity index (χ3n) is 19.7. The number of furan rings is 4. The van der Waals surface area contributed by atoms with E-state index >= 15 is 0 Å². The summed E-state index contributed by atoms with van der Waals surface area (Å²) in [4.78, 5) is 0. The van der Waals surface area contributed by atoms with Crippen molar-refractivity contribution >= 4 is 164 Å².